The molecule has 8 heteroatoms. The van der Waals surface area contributed by atoms with Gasteiger partial charge in [-0.1, -0.05) is 30.3 Å². The maximum atomic E-state index is 13.6. The molecular formula is C21H19FN4O3. The lowest BCUT2D eigenvalue weighted by Crippen LogP contribution is -2.26. The van der Waals surface area contributed by atoms with Gasteiger partial charge < -0.3 is 15.4 Å². The summed E-state index contributed by atoms with van der Waals surface area (Å²) in [6, 6.07) is 13.2. The highest BCUT2D eigenvalue weighted by Crippen LogP contribution is 2.19. The number of anilines is 2. The Bertz CT molecular complexity index is 1010. The van der Waals surface area contributed by atoms with E-state index in [4.69, 9.17) is 4.74 Å². The van der Waals surface area contributed by atoms with Crippen LogP contribution in [0, 0.1) is 5.82 Å². The molecule has 0 unspecified atom stereocenters. The van der Waals surface area contributed by atoms with Crippen molar-refractivity contribution in [1.82, 2.24) is 15.3 Å². The Morgan fingerprint density at radius 3 is 2.45 bits per heavy atom. The smallest absolute Gasteiger partial charge is 0.339 e. The Labute approximate surface area is 167 Å². The highest BCUT2D eigenvalue weighted by Gasteiger charge is 2.13. The number of hydrogen-bond acceptors (Lipinski definition) is 6. The first-order valence-corrected chi connectivity index (χ1v) is 8.86. The zero-order valence-corrected chi connectivity index (χ0v) is 15.7. The van der Waals surface area contributed by atoms with E-state index in [9.17, 15) is 14.0 Å². The SMILES string of the molecule is COC(=O)c1ccccc1Nc1ncc(C(=O)NCCc2ccccc2F)cn1. The number of aromatic nitrogens is 2. The van der Waals surface area contributed by atoms with E-state index in [1.165, 1.54) is 25.6 Å². The third-order valence-electron chi connectivity index (χ3n) is 4.13. The van der Waals surface area contributed by atoms with Gasteiger partial charge in [0.25, 0.3) is 5.91 Å². The summed E-state index contributed by atoms with van der Waals surface area (Å²) >= 11 is 0. The molecule has 0 saturated carbocycles. The van der Waals surface area contributed by atoms with Gasteiger partial charge >= 0.3 is 5.97 Å². The van der Waals surface area contributed by atoms with Crippen LogP contribution in [-0.4, -0.2) is 35.5 Å². The molecule has 0 fully saturated rings. The molecule has 0 aliphatic carbocycles. The number of para-hydroxylation sites is 1. The van der Waals surface area contributed by atoms with E-state index in [-0.39, 0.29) is 29.8 Å². The van der Waals surface area contributed by atoms with Crippen LogP contribution in [0.1, 0.15) is 26.3 Å². The first-order valence-electron chi connectivity index (χ1n) is 8.86. The van der Waals surface area contributed by atoms with Crippen molar-refractivity contribution in [3.8, 4) is 0 Å². The Morgan fingerprint density at radius 1 is 1.03 bits per heavy atom. The van der Waals surface area contributed by atoms with Crippen LogP contribution in [0.3, 0.4) is 0 Å². The van der Waals surface area contributed by atoms with Gasteiger partial charge in [-0.2, -0.15) is 0 Å². The molecule has 2 aromatic carbocycles. The van der Waals surface area contributed by atoms with E-state index in [2.05, 4.69) is 20.6 Å². The average molecular weight is 394 g/mol. The fraction of sp³-hybridized carbons (Fsp3) is 0.143. The van der Waals surface area contributed by atoms with E-state index in [1.807, 2.05) is 0 Å². The molecule has 3 rings (SSSR count). The molecule has 0 aliphatic heterocycles. The summed E-state index contributed by atoms with van der Waals surface area (Å²) in [7, 11) is 1.30. The summed E-state index contributed by atoms with van der Waals surface area (Å²) in [6.45, 7) is 0.284. The lowest BCUT2D eigenvalue weighted by molar-refractivity contribution is 0.0601. The maximum Gasteiger partial charge on any atom is 0.339 e. The molecule has 0 aliphatic rings. The molecule has 1 amide bonds. The van der Waals surface area contributed by atoms with Crippen molar-refractivity contribution in [2.24, 2.45) is 0 Å². The van der Waals surface area contributed by atoms with Gasteiger partial charge in [-0.3, -0.25) is 4.79 Å². The van der Waals surface area contributed by atoms with Gasteiger partial charge in [-0.25, -0.2) is 19.2 Å². The minimum Gasteiger partial charge on any atom is -0.465 e. The first kappa shape index (κ1) is 19.9. The number of hydrogen-bond donors (Lipinski definition) is 2. The predicted molar refractivity (Wildman–Crippen MR) is 106 cm³/mol. The number of benzene rings is 2. The Hall–Kier alpha value is -3.81. The van der Waals surface area contributed by atoms with Crippen molar-refractivity contribution in [2.75, 3.05) is 19.0 Å². The van der Waals surface area contributed by atoms with Crippen LogP contribution in [-0.2, 0) is 11.2 Å². The van der Waals surface area contributed by atoms with Gasteiger partial charge in [-0.15, -0.1) is 0 Å². The highest BCUT2D eigenvalue weighted by atomic mass is 19.1. The number of amides is 1. The number of methoxy groups -OCH3 is 1. The second-order valence-corrected chi connectivity index (χ2v) is 6.05. The lowest BCUT2D eigenvalue weighted by atomic mass is 10.1. The summed E-state index contributed by atoms with van der Waals surface area (Å²) in [5, 5.41) is 5.64. The summed E-state index contributed by atoms with van der Waals surface area (Å²) in [5.74, 6) is -0.918. The van der Waals surface area contributed by atoms with Gasteiger partial charge in [0, 0.05) is 18.9 Å². The van der Waals surface area contributed by atoms with Crippen LogP contribution in [0.5, 0.6) is 0 Å². The molecule has 0 atom stereocenters. The fourth-order valence-corrected chi connectivity index (χ4v) is 2.62. The third kappa shape index (κ3) is 5.13. The van der Waals surface area contributed by atoms with Crippen LogP contribution in [0.15, 0.2) is 60.9 Å². The number of ether oxygens (including phenoxy) is 1. The van der Waals surface area contributed by atoms with Gasteiger partial charge in [0.2, 0.25) is 5.95 Å². The fourth-order valence-electron chi connectivity index (χ4n) is 2.62. The van der Waals surface area contributed by atoms with Crippen LogP contribution in [0.2, 0.25) is 0 Å². The van der Waals surface area contributed by atoms with Gasteiger partial charge in [-0.05, 0) is 30.2 Å². The van der Waals surface area contributed by atoms with Crippen LogP contribution < -0.4 is 10.6 Å². The van der Waals surface area contributed by atoms with Crippen molar-refractivity contribution < 1.29 is 18.7 Å². The van der Waals surface area contributed by atoms with E-state index in [1.54, 1.807) is 42.5 Å². The Balaban J connectivity index is 1.59. The van der Waals surface area contributed by atoms with Crippen molar-refractivity contribution >= 4 is 23.5 Å². The molecule has 29 heavy (non-hydrogen) atoms. The lowest BCUT2D eigenvalue weighted by Gasteiger charge is -2.10. The molecular weight excluding hydrogens is 375 g/mol. The molecule has 0 bridgehead atoms. The number of carbonyl (C=O) groups is 2. The van der Waals surface area contributed by atoms with Crippen LogP contribution >= 0.6 is 0 Å². The molecule has 1 aromatic heterocycles. The van der Waals surface area contributed by atoms with Gasteiger partial charge in [0.1, 0.15) is 5.82 Å². The molecule has 0 radical (unpaired) electrons. The Kier molecular flexibility index (Phi) is 6.47. The van der Waals surface area contributed by atoms with E-state index < -0.39 is 5.97 Å². The summed E-state index contributed by atoms with van der Waals surface area (Å²) in [4.78, 5) is 32.2. The second kappa shape index (κ2) is 9.41. The Morgan fingerprint density at radius 2 is 1.72 bits per heavy atom. The topological polar surface area (TPSA) is 93.2 Å². The number of rotatable bonds is 7. The van der Waals surface area contributed by atoms with Gasteiger partial charge in [0.05, 0.1) is 23.9 Å². The monoisotopic (exact) mass is 394 g/mol. The molecule has 0 spiro atoms. The van der Waals surface area contributed by atoms with Crippen molar-refractivity contribution in [3.63, 3.8) is 0 Å². The van der Waals surface area contributed by atoms with Crippen molar-refractivity contribution in [1.29, 1.82) is 0 Å². The van der Waals surface area contributed by atoms with Crippen molar-refractivity contribution in [2.45, 2.75) is 6.42 Å². The van der Waals surface area contributed by atoms with E-state index >= 15 is 0 Å². The minimum absolute atomic E-state index is 0.226. The van der Waals surface area contributed by atoms with Gasteiger partial charge in [0.15, 0.2) is 0 Å². The first-order chi connectivity index (χ1) is 14.1. The standard InChI is InChI=1S/C21H19FN4O3/c1-29-20(28)16-7-3-5-9-18(16)26-21-24-12-15(13-25-21)19(27)23-11-10-14-6-2-4-8-17(14)22/h2-9,12-13H,10-11H2,1H3,(H,23,27)(H,24,25,26). The minimum atomic E-state index is -0.487. The highest BCUT2D eigenvalue weighted by molar-refractivity contribution is 5.96. The molecule has 148 valence electrons. The van der Waals surface area contributed by atoms with Crippen molar-refractivity contribution in [3.05, 3.63) is 83.4 Å². The average Bonchev–Trinajstić information content (AvgIpc) is 2.75. The predicted octanol–water partition coefficient (Wildman–Crippen LogP) is 3.12. The van der Waals surface area contributed by atoms with E-state index in [0.717, 1.165) is 0 Å². The summed E-state index contributed by atoms with van der Waals surface area (Å²) in [5.41, 5.74) is 1.63. The summed E-state index contributed by atoms with van der Waals surface area (Å²) in [6.07, 6.45) is 3.12. The number of halogens is 1. The maximum absolute atomic E-state index is 13.6. The second-order valence-electron chi connectivity index (χ2n) is 6.05. The zero-order valence-electron chi connectivity index (χ0n) is 15.7. The molecule has 1 heterocycles. The number of nitrogens with zero attached hydrogens (tertiary/aromatic N) is 2. The normalized spacial score (nSPS) is 10.3. The molecule has 3 aromatic rings. The zero-order chi connectivity index (χ0) is 20.6. The quantitative estimate of drug-likeness (QED) is 0.598. The number of carbonyl (C=O) groups excluding carboxylic acids is 2. The van der Waals surface area contributed by atoms with E-state index in [0.29, 0.717) is 23.2 Å². The molecule has 2 N–H and O–H groups in total. The molecule has 7 nitrogen and oxygen atoms in total. The largest absolute Gasteiger partial charge is 0.465 e. The third-order valence-corrected chi connectivity index (χ3v) is 4.13. The summed E-state index contributed by atoms with van der Waals surface area (Å²) < 4.78 is 18.3. The number of nitrogens with one attached hydrogen (secondary N) is 2. The van der Waals surface area contributed by atoms with Crippen LogP contribution in [0.4, 0.5) is 16.0 Å². The molecule has 0 saturated heterocycles. The van der Waals surface area contributed by atoms with Crippen LogP contribution in [0.25, 0.3) is 0 Å². The number of esters is 1.